The van der Waals surface area contributed by atoms with Gasteiger partial charge in [0.1, 0.15) is 17.3 Å². The van der Waals surface area contributed by atoms with Crippen LogP contribution in [0.4, 0.5) is 0 Å². The van der Waals surface area contributed by atoms with Crippen LogP contribution in [0.3, 0.4) is 0 Å². The standard InChI is InChI=1S/C59H73Cl2N7O7/c1-63(2)38-56-62-35-53(66(56)5)42-17-23-48(24-18-42)75-55-33-46(61)22-16-43(55)36-68-52(13-9-10-26-67-27-29-74-30-28-67)54(69)32-44(39-73-6)58(71)65(4)47(31-40-14-20-45(60)21-15-40)37-64(3)59(72)51(34-57(68)70)50-25-19-41-11-7-8-12-49(41)50/h7-8,11-12,14-18,20-24,33,35,44,47,50-52H,9-10,13,19,25-32,34,36-39H2,1-6H3/t44-,47+,50-,51-,52-/m0/s1. The zero-order valence-corrected chi connectivity index (χ0v) is 45.9. The second kappa shape index (κ2) is 26.0. The predicted octanol–water partition coefficient (Wildman–Crippen LogP) is 8.95. The molecule has 0 spiro atoms. The van der Waals surface area contributed by atoms with Gasteiger partial charge in [-0.2, -0.15) is 0 Å². The van der Waals surface area contributed by atoms with Crippen LogP contribution >= 0.6 is 23.2 Å². The summed E-state index contributed by atoms with van der Waals surface area (Å²) in [5.74, 6) is -0.983. The molecule has 14 nitrogen and oxygen atoms in total. The molecular weight excluding hydrogens is 990 g/mol. The lowest BCUT2D eigenvalue weighted by molar-refractivity contribution is -0.149. The van der Waals surface area contributed by atoms with Crippen molar-refractivity contribution in [2.75, 3.05) is 81.3 Å². The zero-order chi connectivity index (χ0) is 53.2. The number of Topliss-reactive ketones (excluding diaryl/α,β-unsaturated/α-hetero) is 1. The van der Waals surface area contributed by atoms with E-state index in [4.69, 9.17) is 37.4 Å². The summed E-state index contributed by atoms with van der Waals surface area (Å²) in [5.41, 5.74) is 5.72. The Morgan fingerprint density at radius 2 is 1.56 bits per heavy atom. The van der Waals surface area contributed by atoms with Crippen LogP contribution in [-0.4, -0.2) is 151 Å². The molecule has 1 aliphatic carbocycles. The monoisotopic (exact) mass is 1060 g/mol. The first-order valence-electron chi connectivity index (χ1n) is 26.3. The number of hydrogen-bond acceptors (Lipinski definition) is 10. The van der Waals surface area contributed by atoms with Crippen molar-refractivity contribution in [1.29, 1.82) is 0 Å². The van der Waals surface area contributed by atoms with Gasteiger partial charge in [-0.1, -0.05) is 65.7 Å². The van der Waals surface area contributed by atoms with E-state index in [0.717, 1.165) is 66.2 Å². The van der Waals surface area contributed by atoms with Crippen molar-refractivity contribution >= 4 is 46.7 Å². The van der Waals surface area contributed by atoms with Crippen LogP contribution in [0.1, 0.15) is 72.5 Å². The summed E-state index contributed by atoms with van der Waals surface area (Å²) in [5, 5.41) is 1.03. The molecule has 0 bridgehead atoms. The van der Waals surface area contributed by atoms with Gasteiger partial charge in [0.2, 0.25) is 17.7 Å². The Labute approximate surface area is 452 Å². The maximum Gasteiger partial charge on any atom is 0.228 e. The Kier molecular flexibility index (Phi) is 19.2. The van der Waals surface area contributed by atoms with Gasteiger partial charge >= 0.3 is 0 Å². The molecule has 0 unspecified atom stereocenters. The van der Waals surface area contributed by atoms with Crippen molar-refractivity contribution < 1.29 is 33.4 Å². The van der Waals surface area contributed by atoms with Crippen molar-refractivity contribution in [3.8, 4) is 22.8 Å². The fraction of sp³-hybridized carbons (Fsp3) is 0.475. The van der Waals surface area contributed by atoms with Gasteiger partial charge in [0.25, 0.3) is 0 Å². The number of aromatic nitrogens is 2. The minimum Gasteiger partial charge on any atom is -0.457 e. The third kappa shape index (κ3) is 14.1. The van der Waals surface area contributed by atoms with Gasteiger partial charge in [0.05, 0.1) is 68.7 Å². The molecule has 2 fully saturated rings. The molecule has 2 saturated heterocycles. The largest absolute Gasteiger partial charge is 0.457 e. The lowest BCUT2D eigenvalue weighted by atomic mass is 9.83. The normalized spacial score (nSPS) is 21.5. The fourth-order valence-electron chi connectivity index (χ4n) is 11.2. The number of ketones is 1. The molecule has 4 aromatic carbocycles. The molecule has 5 atom stereocenters. The molecule has 8 rings (SSSR count). The molecule has 5 aromatic rings. The van der Waals surface area contributed by atoms with Crippen molar-refractivity contribution in [3.05, 3.63) is 135 Å². The van der Waals surface area contributed by atoms with E-state index in [1.54, 1.807) is 40.9 Å². The van der Waals surface area contributed by atoms with Crippen LogP contribution in [0.5, 0.6) is 11.5 Å². The summed E-state index contributed by atoms with van der Waals surface area (Å²) >= 11 is 13.0. The van der Waals surface area contributed by atoms with E-state index in [1.807, 2.05) is 94.1 Å². The van der Waals surface area contributed by atoms with Gasteiger partial charge in [-0.3, -0.25) is 24.1 Å². The molecule has 3 aliphatic rings. The molecule has 0 saturated carbocycles. The Balaban J connectivity index is 1.18. The van der Waals surface area contributed by atoms with E-state index >= 15 is 14.4 Å². The summed E-state index contributed by atoms with van der Waals surface area (Å²) in [7, 11) is 11.1. The SMILES string of the molecule is COC[C@@H]1CC(=O)[C@H](CCCCN2CCOCC2)N(Cc2ccc(Cl)cc2Oc2ccc(-c3cnc(CN(C)C)n3C)cc2)C(=O)C[C@@H]([C@H]2CCc3ccccc32)C(=O)N(C)C[C@@H](Cc2ccc(Cl)cc2)N(C)C1=O. The average Bonchev–Trinajstić information content (AvgIpc) is 4.00. The molecule has 16 heteroatoms. The Morgan fingerprint density at radius 1 is 0.827 bits per heavy atom. The number of unbranched alkanes of at least 4 members (excludes halogenated alkanes) is 1. The molecule has 75 heavy (non-hydrogen) atoms. The van der Waals surface area contributed by atoms with Crippen LogP contribution in [0, 0.1) is 11.8 Å². The minimum atomic E-state index is -0.948. The highest BCUT2D eigenvalue weighted by atomic mass is 35.5. The number of aryl methyl sites for hydroxylation is 1. The number of amides is 3. The lowest BCUT2D eigenvalue weighted by Gasteiger charge is -2.38. The van der Waals surface area contributed by atoms with Gasteiger partial charge in [0, 0.05) is 81.9 Å². The first-order valence-corrected chi connectivity index (χ1v) is 27.1. The zero-order valence-electron chi connectivity index (χ0n) is 44.4. The highest BCUT2D eigenvalue weighted by Gasteiger charge is 2.42. The molecule has 1 aromatic heterocycles. The maximum absolute atomic E-state index is 15.8. The minimum absolute atomic E-state index is 0.00991. The van der Waals surface area contributed by atoms with Gasteiger partial charge in [-0.25, -0.2) is 4.98 Å². The summed E-state index contributed by atoms with van der Waals surface area (Å²) in [6.45, 7) is 4.69. The highest BCUT2D eigenvalue weighted by molar-refractivity contribution is 6.31. The maximum atomic E-state index is 15.8. The van der Waals surface area contributed by atoms with Crippen LogP contribution in [0.25, 0.3) is 11.3 Å². The third-order valence-corrected chi connectivity index (χ3v) is 15.8. The molecule has 3 heterocycles. The summed E-state index contributed by atoms with van der Waals surface area (Å²) < 4.78 is 20.0. The van der Waals surface area contributed by atoms with Crippen molar-refractivity contribution in [2.24, 2.45) is 18.9 Å². The lowest BCUT2D eigenvalue weighted by Crippen LogP contribution is -2.52. The number of fused-ring (bicyclic) bond motifs is 1. The molecular formula is C59H73Cl2N7O7. The number of morpholine rings is 1. The first kappa shape index (κ1) is 55.6. The van der Waals surface area contributed by atoms with Crippen LogP contribution in [0.15, 0.2) is 97.2 Å². The van der Waals surface area contributed by atoms with Crippen molar-refractivity contribution in [1.82, 2.24) is 34.1 Å². The fourth-order valence-corrected chi connectivity index (χ4v) is 11.4. The number of methoxy groups -OCH3 is 1. The number of benzene rings is 4. The summed E-state index contributed by atoms with van der Waals surface area (Å²) in [6, 6.07) is 27.3. The second-order valence-electron chi connectivity index (χ2n) is 20.9. The number of carbonyl (C=O) groups is 4. The van der Waals surface area contributed by atoms with Gasteiger partial charge < -0.3 is 38.4 Å². The number of likely N-dealkylation sites (N-methyl/N-ethyl adjacent to an activating group) is 2. The second-order valence-corrected chi connectivity index (χ2v) is 21.7. The van der Waals surface area contributed by atoms with E-state index in [2.05, 4.69) is 31.5 Å². The number of hydrogen-bond donors (Lipinski definition) is 0. The average molecular weight is 1060 g/mol. The number of rotatable bonds is 17. The van der Waals surface area contributed by atoms with Crippen LogP contribution in [-0.2, 0) is 61.6 Å². The van der Waals surface area contributed by atoms with E-state index in [1.165, 1.54) is 7.11 Å². The Hall–Kier alpha value is -5.61. The van der Waals surface area contributed by atoms with Crippen LogP contribution < -0.4 is 4.74 Å². The quantitative estimate of drug-likeness (QED) is 0.0833. The summed E-state index contributed by atoms with van der Waals surface area (Å²) in [4.78, 5) is 75.7. The van der Waals surface area contributed by atoms with Gasteiger partial charge in [-0.05, 0) is 130 Å². The molecule has 0 radical (unpaired) electrons. The number of nitrogens with zero attached hydrogens (tertiary/aromatic N) is 7. The molecule has 3 amide bonds. The third-order valence-electron chi connectivity index (χ3n) is 15.3. The summed E-state index contributed by atoms with van der Waals surface area (Å²) in [6.07, 6.45) is 5.25. The van der Waals surface area contributed by atoms with Crippen molar-refractivity contribution in [2.45, 2.75) is 82.5 Å². The number of halogens is 2. The highest BCUT2D eigenvalue weighted by Crippen LogP contribution is 2.42. The first-order chi connectivity index (χ1) is 36.2. The van der Waals surface area contributed by atoms with Gasteiger partial charge in [-0.15, -0.1) is 0 Å². The van der Waals surface area contributed by atoms with E-state index in [9.17, 15) is 4.79 Å². The van der Waals surface area contributed by atoms with E-state index in [0.29, 0.717) is 72.5 Å². The van der Waals surface area contributed by atoms with E-state index < -0.39 is 23.9 Å². The topological polar surface area (TPSA) is 130 Å². The Bertz CT molecular complexity index is 2750. The molecule has 2 aliphatic heterocycles. The van der Waals surface area contributed by atoms with Crippen molar-refractivity contribution in [3.63, 3.8) is 0 Å². The Morgan fingerprint density at radius 3 is 2.29 bits per heavy atom. The number of ether oxygens (including phenoxy) is 3. The number of carbonyl (C=O) groups excluding carboxylic acids is 4. The smallest absolute Gasteiger partial charge is 0.228 e. The van der Waals surface area contributed by atoms with E-state index in [-0.39, 0.29) is 62.0 Å². The molecule has 400 valence electrons. The predicted molar refractivity (Wildman–Crippen MR) is 293 cm³/mol. The van der Waals surface area contributed by atoms with Crippen LogP contribution in [0.2, 0.25) is 10.0 Å². The van der Waals surface area contributed by atoms with Gasteiger partial charge in [0.15, 0.2) is 5.78 Å². The molecule has 0 N–H and O–H groups in total. The number of imidazole rings is 1.